The monoisotopic (exact) mass is 600 g/mol. The number of likely N-dealkylation sites (tertiary alicyclic amines) is 1. The Bertz CT molecular complexity index is 1090. The SMILES string of the molecule is CNCc1cn(C2CCN(C3CCN(c4ccccc4F)CC3)CC2)nn1.O=C(O)C(F)(F)F.O=C(O)C(F)(F)F. The van der Waals surface area contributed by atoms with E-state index in [4.69, 9.17) is 19.8 Å². The van der Waals surface area contributed by atoms with Gasteiger partial charge in [-0.2, -0.15) is 26.3 Å². The minimum Gasteiger partial charge on any atom is -0.475 e. The number of nitrogens with one attached hydrogen (secondary N) is 1. The number of carbonyl (C=O) groups is 2. The molecule has 230 valence electrons. The molecule has 41 heavy (non-hydrogen) atoms. The van der Waals surface area contributed by atoms with Gasteiger partial charge in [-0.05, 0) is 44.9 Å². The van der Waals surface area contributed by atoms with Gasteiger partial charge < -0.3 is 25.3 Å². The summed E-state index contributed by atoms with van der Waals surface area (Å²) in [5, 5.41) is 25.9. The molecule has 2 aliphatic rings. The number of rotatable bonds is 5. The maximum atomic E-state index is 14.0. The molecule has 2 saturated heterocycles. The van der Waals surface area contributed by atoms with E-state index in [0.717, 1.165) is 69.8 Å². The summed E-state index contributed by atoms with van der Waals surface area (Å²) in [6, 6.07) is 8.19. The lowest BCUT2D eigenvalue weighted by atomic mass is 9.97. The smallest absolute Gasteiger partial charge is 0.475 e. The zero-order valence-electron chi connectivity index (χ0n) is 22.0. The van der Waals surface area contributed by atoms with E-state index in [0.29, 0.717) is 12.1 Å². The van der Waals surface area contributed by atoms with Crippen molar-refractivity contribution in [3.63, 3.8) is 0 Å². The summed E-state index contributed by atoms with van der Waals surface area (Å²) in [7, 11) is 1.93. The van der Waals surface area contributed by atoms with Gasteiger partial charge in [0.05, 0.1) is 23.6 Å². The van der Waals surface area contributed by atoms with Gasteiger partial charge in [0.1, 0.15) is 5.82 Å². The number of hydrogen-bond acceptors (Lipinski definition) is 7. The highest BCUT2D eigenvalue weighted by molar-refractivity contribution is 5.73. The Balaban J connectivity index is 0.000000349. The van der Waals surface area contributed by atoms with E-state index < -0.39 is 24.3 Å². The van der Waals surface area contributed by atoms with Crippen LogP contribution in [0.1, 0.15) is 37.4 Å². The topological polar surface area (TPSA) is 124 Å². The molecule has 0 bridgehead atoms. The van der Waals surface area contributed by atoms with Crippen LogP contribution in [0.25, 0.3) is 0 Å². The summed E-state index contributed by atoms with van der Waals surface area (Å²) in [4.78, 5) is 22.6. The summed E-state index contributed by atoms with van der Waals surface area (Å²) in [6.07, 6.45) is -3.64. The fourth-order valence-corrected chi connectivity index (χ4v) is 4.45. The lowest BCUT2D eigenvalue weighted by Gasteiger charge is -2.42. The fourth-order valence-electron chi connectivity index (χ4n) is 4.45. The molecule has 0 unspecified atom stereocenters. The van der Waals surface area contributed by atoms with E-state index in [2.05, 4.69) is 31.6 Å². The molecule has 3 N–H and O–H groups in total. The lowest BCUT2D eigenvalue weighted by Crippen LogP contribution is -2.48. The number of piperidine rings is 2. The summed E-state index contributed by atoms with van der Waals surface area (Å²) in [5.41, 5.74) is 1.75. The van der Waals surface area contributed by atoms with E-state index in [9.17, 15) is 30.7 Å². The molecule has 2 aliphatic heterocycles. The first kappa shape index (κ1) is 33.7. The highest BCUT2D eigenvalue weighted by Crippen LogP contribution is 2.29. The largest absolute Gasteiger partial charge is 0.490 e. The van der Waals surface area contributed by atoms with Crippen LogP contribution in [0.5, 0.6) is 0 Å². The highest BCUT2D eigenvalue weighted by atomic mass is 19.4. The molecule has 0 spiro atoms. The highest BCUT2D eigenvalue weighted by Gasteiger charge is 2.39. The molecule has 2 fully saturated rings. The van der Waals surface area contributed by atoms with Crippen molar-refractivity contribution in [3.8, 4) is 0 Å². The second kappa shape index (κ2) is 15.0. The quantitative estimate of drug-likeness (QED) is 0.441. The molecule has 0 radical (unpaired) electrons. The summed E-state index contributed by atoms with van der Waals surface area (Å²) >= 11 is 0. The molecule has 10 nitrogen and oxygen atoms in total. The third-order valence-electron chi connectivity index (χ3n) is 6.45. The van der Waals surface area contributed by atoms with Crippen LogP contribution in [0.3, 0.4) is 0 Å². The van der Waals surface area contributed by atoms with Crippen LogP contribution in [0.2, 0.25) is 0 Å². The van der Waals surface area contributed by atoms with Gasteiger partial charge >= 0.3 is 24.3 Å². The average Bonchev–Trinajstić information content (AvgIpc) is 3.38. The molecule has 0 atom stereocenters. The number of alkyl halides is 6. The van der Waals surface area contributed by atoms with Gasteiger partial charge in [0, 0.05) is 38.8 Å². The van der Waals surface area contributed by atoms with Crippen LogP contribution in [-0.2, 0) is 16.1 Å². The molecule has 1 aromatic carbocycles. The first-order chi connectivity index (χ1) is 19.1. The molecule has 4 rings (SSSR count). The van der Waals surface area contributed by atoms with Crippen molar-refractivity contribution >= 4 is 17.6 Å². The van der Waals surface area contributed by atoms with E-state index in [1.54, 1.807) is 12.1 Å². The Labute approximate surface area is 230 Å². The molecule has 0 aliphatic carbocycles. The van der Waals surface area contributed by atoms with Gasteiger partial charge in [0.25, 0.3) is 0 Å². The number of anilines is 1. The van der Waals surface area contributed by atoms with Crippen molar-refractivity contribution in [2.24, 2.45) is 0 Å². The molecule has 0 amide bonds. The number of benzene rings is 1. The minimum absolute atomic E-state index is 0.109. The maximum Gasteiger partial charge on any atom is 0.490 e. The molecule has 1 aromatic heterocycles. The van der Waals surface area contributed by atoms with Gasteiger partial charge in [-0.15, -0.1) is 5.10 Å². The van der Waals surface area contributed by atoms with Gasteiger partial charge in [-0.1, -0.05) is 17.3 Å². The van der Waals surface area contributed by atoms with Crippen molar-refractivity contribution < 1.29 is 50.5 Å². The van der Waals surface area contributed by atoms with Crippen LogP contribution in [-0.4, -0.2) is 93.7 Å². The number of aliphatic carboxylic acids is 2. The third kappa shape index (κ3) is 10.8. The Morgan fingerprint density at radius 2 is 1.39 bits per heavy atom. The molecule has 17 heteroatoms. The van der Waals surface area contributed by atoms with Gasteiger partial charge in [-0.3, -0.25) is 0 Å². The van der Waals surface area contributed by atoms with Crippen molar-refractivity contribution in [2.75, 3.05) is 38.1 Å². The first-order valence-electron chi connectivity index (χ1n) is 12.5. The van der Waals surface area contributed by atoms with Crippen molar-refractivity contribution in [1.29, 1.82) is 0 Å². The second-order valence-electron chi connectivity index (χ2n) is 9.26. The summed E-state index contributed by atoms with van der Waals surface area (Å²) < 4.78 is 79.5. The predicted octanol–water partition coefficient (Wildman–Crippen LogP) is 3.71. The molecule has 2 aromatic rings. The summed E-state index contributed by atoms with van der Waals surface area (Å²) in [6.45, 7) is 4.84. The van der Waals surface area contributed by atoms with Crippen LogP contribution in [0.15, 0.2) is 30.5 Å². The van der Waals surface area contributed by atoms with Gasteiger partial charge in [-0.25, -0.2) is 18.7 Å². The van der Waals surface area contributed by atoms with Crippen LogP contribution < -0.4 is 10.2 Å². The van der Waals surface area contributed by atoms with Crippen LogP contribution >= 0.6 is 0 Å². The van der Waals surface area contributed by atoms with E-state index in [-0.39, 0.29) is 5.82 Å². The molecular formula is C24H31F7N6O4. The average molecular weight is 601 g/mol. The number of para-hydroxylation sites is 1. The van der Waals surface area contributed by atoms with Gasteiger partial charge in [0.15, 0.2) is 0 Å². The lowest BCUT2D eigenvalue weighted by molar-refractivity contribution is -0.193. The minimum atomic E-state index is -5.08. The Hall–Kier alpha value is -3.47. The van der Waals surface area contributed by atoms with Crippen molar-refractivity contribution in [2.45, 2.75) is 56.7 Å². The number of aromatic nitrogens is 3. The maximum absolute atomic E-state index is 14.0. The molecular weight excluding hydrogens is 569 g/mol. The Morgan fingerprint density at radius 3 is 1.85 bits per heavy atom. The van der Waals surface area contributed by atoms with Crippen LogP contribution in [0, 0.1) is 5.82 Å². The number of halogens is 7. The fraction of sp³-hybridized carbons (Fsp3) is 0.583. The number of carboxylic acid groups (broad SMARTS) is 2. The third-order valence-corrected chi connectivity index (χ3v) is 6.45. The van der Waals surface area contributed by atoms with Crippen molar-refractivity contribution in [1.82, 2.24) is 25.2 Å². The number of carboxylic acids is 2. The summed E-state index contributed by atoms with van der Waals surface area (Å²) in [5.74, 6) is -5.62. The van der Waals surface area contributed by atoms with Crippen LogP contribution in [0.4, 0.5) is 36.4 Å². The first-order valence-corrected chi connectivity index (χ1v) is 12.5. The van der Waals surface area contributed by atoms with Gasteiger partial charge in [0.2, 0.25) is 0 Å². The Kier molecular flexibility index (Phi) is 12.3. The van der Waals surface area contributed by atoms with E-state index >= 15 is 0 Å². The number of hydrogen-bond donors (Lipinski definition) is 3. The Morgan fingerprint density at radius 1 is 0.902 bits per heavy atom. The normalized spacial score (nSPS) is 17.2. The zero-order valence-corrected chi connectivity index (χ0v) is 22.0. The predicted molar refractivity (Wildman–Crippen MR) is 132 cm³/mol. The molecule has 0 saturated carbocycles. The zero-order chi connectivity index (χ0) is 30.8. The van der Waals surface area contributed by atoms with E-state index in [1.807, 2.05) is 23.9 Å². The second-order valence-corrected chi connectivity index (χ2v) is 9.26. The van der Waals surface area contributed by atoms with E-state index in [1.165, 1.54) is 0 Å². The standard InChI is InChI=1S/C20H29FN6.2C2HF3O2/c1-22-14-16-15-27(24-23-16)18-8-10-25(11-9-18)17-6-12-26(13-7-17)20-5-3-2-4-19(20)21;2*3-2(4,5)1(6)7/h2-5,15,17-18,22H,6-14H2,1H3;2*(H,6,7). The molecule has 3 heterocycles. The van der Waals surface area contributed by atoms with Crippen molar-refractivity contribution in [3.05, 3.63) is 42.0 Å². The number of nitrogens with zero attached hydrogens (tertiary/aromatic N) is 5.